The fourth-order valence-electron chi connectivity index (χ4n) is 3.84. The second-order valence-corrected chi connectivity index (χ2v) is 7.69. The Bertz CT molecular complexity index is 1090. The third kappa shape index (κ3) is 4.52. The first-order valence-electron chi connectivity index (χ1n) is 10.3. The predicted molar refractivity (Wildman–Crippen MR) is 119 cm³/mol. The zero-order valence-corrected chi connectivity index (χ0v) is 17.3. The predicted octanol–water partition coefficient (Wildman–Crippen LogP) is 1.85. The van der Waals surface area contributed by atoms with Gasteiger partial charge in [0.15, 0.2) is 0 Å². The summed E-state index contributed by atoms with van der Waals surface area (Å²) in [4.78, 5) is 29.2. The Labute approximate surface area is 175 Å². The number of carbonyl (C=O) groups excluding carboxylic acids is 1. The van der Waals surface area contributed by atoms with Crippen LogP contribution in [0.5, 0.6) is 0 Å². The Morgan fingerprint density at radius 1 is 1.03 bits per heavy atom. The molecule has 0 saturated carbocycles. The van der Waals surface area contributed by atoms with Crippen molar-refractivity contribution in [2.45, 2.75) is 19.5 Å². The lowest BCUT2D eigenvalue weighted by atomic mass is 10.1. The summed E-state index contributed by atoms with van der Waals surface area (Å²) in [6.45, 7) is 4.99. The number of likely N-dealkylation sites (N-methyl/N-ethyl adjacent to an activating group) is 1. The SMILES string of the molecule is CN1CCN(c2ccccc2CNC(=O)CCn2ncc(=O)c3ccccc32)CC1. The third-order valence-electron chi connectivity index (χ3n) is 5.62. The number of benzene rings is 2. The molecule has 30 heavy (non-hydrogen) atoms. The van der Waals surface area contributed by atoms with Crippen molar-refractivity contribution in [2.75, 3.05) is 38.1 Å². The normalized spacial score (nSPS) is 14.8. The highest BCUT2D eigenvalue weighted by Crippen LogP contribution is 2.21. The molecule has 1 fully saturated rings. The molecule has 0 aliphatic carbocycles. The molecule has 156 valence electrons. The molecule has 1 aliphatic rings. The van der Waals surface area contributed by atoms with E-state index in [1.165, 1.54) is 11.9 Å². The number of fused-ring (bicyclic) bond motifs is 1. The molecule has 0 bridgehead atoms. The van der Waals surface area contributed by atoms with Gasteiger partial charge in [-0.25, -0.2) is 0 Å². The summed E-state index contributed by atoms with van der Waals surface area (Å²) in [5.41, 5.74) is 2.96. The lowest BCUT2D eigenvalue weighted by Gasteiger charge is -2.35. The molecule has 0 unspecified atom stereocenters. The van der Waals surface area contributed by atoms with Gasteiger partial charge in [-0.2, -0.15) is 5.10 Å². The molecule has 0 atom stereocenters. The quantitative estimate of drug-likeness (QED) is 0.678. The molecule has 0 radical (unpaired) electrons. The number of hydrogen-bond donors (Lipinski definition) is 1. The summed E-state index contributed by atoms with van der Waals surface area (Å²) >= 11 is 0. The molecule has 1 N–H and O–H groups in total. The number of rotatable bonds is 6. The van der Waals surface area contributed by atoms with Gasteiger partial charge in [0.05, 0.1) is 18.3 Å². The highest BCUT2D eigenvalue weighted by atomic mass is 16.1. The molecule has 4 rings (SSSR count). The Morgan fingerprint density at radius 3 is 2.60 bits per heavy atom. The van der Waals surface area contributed by atoms with Crippen LogP contribution in [0.15, 0.2) is 59.5 Å². The van der Waals surface area contributed by atoms with E-state index in [1.807, 2.05) is 30.3 Å². The van der Waals surface area contributed by atoms with Crippen molar-refractivity contribution >= 4 is 22.5 Å². The fourth-order valence-corrected chi connectivity index (χ4v) is 3.84. The maximum Gasteiger partial charge on any atom is 0.222 e. The van der Waals surface area contributed by atoms with E-state index in [0.717, 1.165) is 37.3 Å². The minimum absolute atomic E-state index is 0.0345. The van der Waals surface area contributed by atoms with Gasteiger partial charge >= 0.3 is 0 Å². The van der Waals surface area contributed by atoms with Crippen LogP contribution in [0.4, 0.5) is 5.69 Å². The van der Waals surface area contributed by atoms with Crippen molar-refractivity contribution in [3.8, 4) is 0 Å². The Hall–Kier alpha value is -3.19. The van der Waals surface area contributed by atoms with E-state index >= 15 is 0 Å². The van der Waals surface area contributed by atoms with Crippen molar-refractivity contribution in [1.82, 2.24) is 20.0 Å². The molecule has 7 heteroatoms. The largest absolute Gasteiger partial charge is 0.369 e. The van der Waals surface area contributed by atoms with E-state index in [1.54, 1.807) is 10.7 Å². The lowest BCUT2D eigenvalue weighted by Crippen LogP contribution is -2.45. The molecule has 1 aromatic heterocycles. The third-order valence-corrected chi connectivity index (χ3v) is 5.62. The summed E-state index contributed by atoms with van der Waals surface area (Å²) in [6, 6.07) is 15.6. The minimum Gasteiger partial charge on any atom is -0.369 e. The number of nitrogens with zero attached hydrogens (tertiary/aromatic N) is 4. The molecule has 2 heterocycles. The Morgan fingerprint density at radius 2 is 1.77 bits per heavy atom. The van der Waals surface area contributed by atoms with Crippen LogP contribution in [0.2, 0.25) is 0 Å². The molecule has 1 aliphatic heterocycles. The smallest absolute Gasteiger partial charge is 0.222 e. The number of para-hydroxylation sites is 2. The molecular formula is C23H27N5O2. The van der Waals surface area contributed by atoms with Gasteiger partial charge in [0.1, 0.15) is 0 Å². The van der Waals surface area contributed by atoms with Gasteiger partial charge in [-0.05, 0) is 30.8 Å². The van der Waals surface area contributed by atoms with Crippen LogP contribution in [-0.2, 0) is 17.9 Å². The number of amides is 1. The number of piperazine rings is 1. The topological polar surface area (TPSA) is 70.5 Å². The number of aryl methyl sites for hydroxylation is 1. The molecule has 2 aromatic carbocycles. The van der Waals surface area contributed by atoms with Crippen molar-refractivity contribution in [1.29, 1.82) is 0 Å². The van der Waals surface area contributed by atoms with Crippen LogP contribution < -0.4 is 15.6 Å². The summed E-state index contributed by atoms with van der Waals surface area (Å²) in [5.74, 6) is -0.0345. The molecule has 0 spiro atoms. The average Bonchev–Trinajstić information content (AvgIpc) is 2.78. The zero-order valence-electron chi connectivity index (χ0n) is 17.3. The van der Waals surface area contributed by atoms with Gasteiger partial charge in [-0.15, -0.1) is 0 Å². The van der Waals surface area contributed by atoms with Crippen LogP contribution in [0.1, 0.15) is 12.0 Å². The molecule has 7 nitrogen and oxygen atoms in total. The molecule has 1 amide bonds. The summed E-state index contributed by atoms with van der Waals surface area (Å²) in [7, 11) is 2.14. The highest BCUT2D eigenvalue weighted by molar-refractivity contribution is 5.79. The number of hydrogen-bond acceptors (Lipinski definition) is 5. The summed E-state index contributed by atoms with van der Waals surface area (Å²) < 4.78 is 1.72. The van der Waals surface area contributed by atoms with E-state index < -0.39 is 0 Å². The second kappa shape index (κ2) is 9.09. The van der Waals surface area contributed by atoms with E-state index in [9.17, 15) is 9.59 Å². The van der Waals surface area contributed by atoms with E-state index in [-0.39, 0.29) is 11.3 Å². The van der Waals surface area contributed by atoms with Gasteiger partial charge < -0.3 is 15.1 Å². The number of nitrogens with one attached hydrogen (secondary N) is 1. The van der Waals surface area contributed by atoms with Crippen molar-refractivity contribution < 1.29 is 4.79 Å². The maximum absolute atomic E-state index is 12.5. The Kier molecular flexibility index (Phi) is 6.09. The van der Waals surface area contributed by atoms with Crippen LogP contribution >= 0.6 is 0 Å². The first-order chi connectivity index (χ1) is 14.6. The van der Waals surface area contributed by atoms with Crippen LogP contribution in [-0.4, -0.2) is 53.8 Å². The standard InChI is InChI=1S/C23H27N5O2/c1-26-12-14-27(15-13-26)20-8-4-2-6-18(20)16-24-23(30)10-11-28-21-9-5-3-7-19(21)22(29)17-25-28/h2-9,17H,10-16H2,1H3,(H,24,30). The number of anilines is 1. The summed E-state index contributed by atoms with van der Waals surface area (Å²) in [5, 5.41) is 7.85. The van der Waals surface area contributed by atoms with Crippen LogP contribution in [0.3, 0.4) is 0 Å². The van der Waals surface area contributed by atoms with Crippen molar-refractivity contribution in [3.63, 3.8) is 0 Å². The maximum atomic E-state index is 12.5. The summed E-state index contributed by atoms with van der Waals surface area (Å²) in [6.07, 6.45) is 1.61. The monoisotopic (exact) mass is 405 g/mol. The lowest BCUT2D eigenvalue weighted by molar-refractivity contribution is -0.121. The average molecular weight is 406 g/mol. The van der Waals surface area contributed by atoms with Gasteiger partial charge in [0, 0.05) is 50.2 Å². The minimum atomic E-state index is -0.105. The second-order valence-electron chi connectivity index (χ2n) is 7.69. The van der Waals surface area contributed by atoms with Crippen molar-refractivity contribution in [3.05, 3.63) is 70.5 Å². The molecular weight excluding hydrogens is 378 g/mol. The molecule has 3 aromatic rings. The highest BCUT2D eigenvalue weighted by Gasteiger charge is 2.17. The van der Waals surface area contributed by atoms with Crippen LogP contribution in [0, 0.1) is 0 Å². The fraction of sp³-hybridized carbons (Fsp3) is 0.348. The van der Waals surface area contributed by atoms with Crippen molar-refractivity contribution in [2.24, 2.45) is 0 Å². The van der Waals surface area contributed by atoms with Gasteiger partial charge in [0.2, 0.25) is 11.3 Å². The first-order valence-corrected chi connectivity index (χ1v) is 10.3. The number of aromatic nitrogens is 2. The Balaban J connectivity index is 1.37. The van der Waals surface area contributed by atoms with E-state index in [2.05, 4.69) is 39.4 Å². The van der Waals surface area contributed by atoms with E-state index in [0.29, 0.717) is 24.9 Å². The van der Waals surface area contributed by atoms with Gasteiger partial charge in [-0.3, -0.25) is 14.3 Å². The first kappa shape index (κ1) is 20.1. The number of carbonyl (C=O) groups is 1. The zero-order chi connectivity index (χ0) is 20.9. The van der Waals surface area contributed by atoms with Crippen LogP contribution in [0.25, 0.3) is 10.9 Å². The molecule has 1 saturated heterocycles. The van der Waals surface area contributed by atoms with E-state index in [4.69, 9.17) is 0 Å². The van der Waals surface area contributed by atoms with Gasteiger partial charge in [-0.1, -0.05) is 30.3 Å². The van der Waals surface area contributed by atoms with Gasteiger partial charge in [0.25, 0.3) is 0 Å².